The van der Waals surface area contributed by atoms with Crippen molar-refractivity contribution in [2.75, 3.05) is 31.9 Å². The predicted octanol–water partition coefficient (Wildman–Crippen LogP) is 0.589. The van der Waals surface area contributed by atoms with E-state index in [4.69, 9.17) is 4.74 Å². The molecule has 148 valence electrons. The third-order valence-electron chi connectivity index (χ3n) is 4.37. The summed E-state index contributed by atoms with van der Waals surface area (Å²) in [7, 11) is 1.47. The highest BCUT2D eigenvalue weighted by Gasteiger charge is 2.34. The van der Waals surface area contributed by atoms with Gasteiger partial charge in [0.15, 0.2) is 11.4 Å². The zero-order chi connectivity index (χ0) is 20.4. The summed E-state index contributed by atoms with van der Waals surface area (Å²) in [6.45, 7) is 0.650. The summed E-state index contributed by atoms with van der Waals surface area (Å²) in [4.78, 5) is 37.6. The lowest BCUT2D eigenvalue weighted by Gasteiger charge is -2.39. The lowest BCUT2D eigenvalue weighted by Crippen LogP contribution is -2.54. The van der Waals surface area contributed by atoms with Crippen molar-refractivity contribution in [1.29, 1.82) is 0 Å². The Morgan fingerprint density at radius 1 is 1.25 bits per heavy atom. The number of hydrogen-bond donors (Lipinski definition) is 2. The number of halogens is 1. The smallest absolute Gasteiger partial charge is 0.341 e. The SMILES string of the molecule is COCCN1CN(Cc2ccc(F)cc2)n2cc(C(=O)O)c(=O)c(O)c2C1=O. The van der Waals surface area contributed by atoms with Crippen LogP contribution in [0, 0.1) is 5.82 Å². The molecule has 0 saturated heterocycles. The number of carbonyl (C=O) groups is 2. The molecule has 2 heterocycles. The van der Waals surface area contributed by atoms with Crippen LogP contribution in [-0.2, 0) is 11.3 Å². The highest BCUT2D eigenvalue weighted by molar-refractivity contribution is 5.97. The summed E-state index contributed by atoms with van der Waals surface area (Å²) in [5.74, 6) is -3.49. The van der Waals surface area contributed by atoms with Gasteiger partial charge in [-0.25, -0.2) is 9.18 Å². The van der Waals surface area contributed by atoms with Crippen molar-refractivity contribution in [2.45, 2.75) is 6.54 Å². The number of carboxylic acid groups (broad SMARTS) is 1. The lowest BCUT2D eigenvalue weighted by atomic mass is 10.1. The summed E-state index contributed by atoms with van der Waals surface area (Å²) < 4.78 is 19.3. The van der Waals surface area contributed by atoms with Gasteiger partial charge in [0.05, 0.1) is 13.2 Å². The van der Waals surface area contributed by atoms with E-state index >= 15 is 0 Å². The number of ether oxygens (including phenoxy) is 1. The molecule has 3 rings (SSSR count). The first kappa shape index (κ1) is 19.4. The fourth-order valence-electron chi connectivity index (χ4n) is 2.94. The van der Waals surface area contributed by atoms with Gasteiger partial charge in [-0.05, 0) is 17.7 Å². The second kappa shape index (κ2) is 7.69. The van der Waals surface area contributed by atoms with Crippen LogP contribution in [-0.4, -0.2) is 58.6 Å². The Balaban J connectivity index is 2.10. The summed E-state index contributed by atoms with van der Waals surface area (Å²) in [5, 5.41) is 21.1. The maximum Gasteiger partial charge on any atom is 0.341 e. The van der Waals surface area contributed by atoms with Gasteiger partial charge in [0.25, 0.3) is 5.91 Å². The van der Waals surface area contributed by atoms with Crippen LogP contribution in [0.2, 0.25) is 0 Å². The standard InChI is InChI=1S/C18H18FN3O6/c1-28-7-6-20-10-21(8-11-2-4-12(19)5-3-11)22-9-13(18(26)27)15(23)16(24)14(22)17(20)25/h2-5,9,24H,6-8,10H2,1H3,(H,26,27). The molecule has 1 aromatic heterocycles. The van der Waals surface area contributed by atoms with Crippen molar-refractivity contribution in [3.8, 4) is 5.75 Å². The second-order valence-corrected chi connectivity index (χ2v) is 6.21. The maximum atomic E-state index is 13.2. The molecule has 1 aliphatic heterocycles. The Morgan fingerprint density at radius 2 is 1.93 bits per heavy atom. The Hall–Kier alpha value is -3.40. The van der Waals surface area contributed by atoms with Crippen LogP contribution in [0.3, 0.4) is 0 Å². The number of benzene rings is 1. The molecule has 2 aromatic rings. The van der Waals surface area contributed by atoms with E-state index in [1.54, 1.807) is 17.1 Å². The van der Waals surface area contributed by atoms with Crippen LogP contribution in [0.4, 0.5) is 4.39 Å². The largest absolute Gasteiger partial charge is 0.502 e. The van der Waals surface area contributed by atoms with Crippen molar-refractivity contribution in [1.82, 2.24) is 9.58 Å². The lowest BCUT2D eigenvalue weighted by molar-refractivity contribution is 0.0613. The minimum Gasteiger partial charge on any atom is -0.502 e. The number of aromatic hydroxyl groups is 1. The summed E-state index contributed by atoms with van der Waals surface area (Å²) >= 11 is 0. The topological polar surface area (TPSA) is 112 Å². The number of amides is 1. The summed E-state index contributed by atoms with van der Waals surface area (Å²) in [5.41, 5.74) is -1.45. The van der Waals surface area contributed by atoms with Gasteiger partial charge in [-0.2, -0.15) is 0 Å². The number of aromatic carboxylic acids is 1. The van der Waals surface area contributed by atoms with Gasteiger partial charge in [-0.1, -0.05) is 12.1 Å². The average Bonchev–Trinajstić information content (AvgIpc) is 2.66. The van der Waals surface area contributed by atoms with Gasteiger partial charge in [0, 0.05) is 19.9 Å². The Kier molecular flexibility index (Phi) is 5.32. The quantitative estimate of drug-likeness (QED) is 0.741. The number of carbonyl (C=O) groups excluding carboxylic acids is 1. The van der Waals surface area contributed by atoms with E-state index < -0.39 is 34.4 Å². The molecule has 0 unspecified atom stereocenters. The van der Waals surface area contributed by atoms with Crippen LogP contribution in [0.5, 0.6) is 5.75 Å². The molecule has 28 heavy (non-hydrogen) atoms. The van der Waals surface area contributed by atoms with Crippen LogP contribution < -0.4 is 10.4 Å². The molecule has 2 N–H and O–H groups in total. The molecule has 0 saturated carbocycles. The predicted molar refractivity (Wildman–Crippen MR) is 95.4 cm³/mol. The van der Waals surface area contributed by atoms with E-state index in [1.165, 1.54) is 24.1 Å². The molecule has 0 radical (unpaired) electrons. The van der Waals surface area contributed by atoms with Gasteiger partial charge in [-0.15, -0.1) is 0 Å². The molecule has 1 amide bonds. The van der Waals surface area contributed by atoms with Crippen LogP contribution in [0.25, 0.3) is 0 Å². The van der Waals surface area contributed by atoms with Crippen molar-refractivity contribution >= 4 is 11.9 Å². The van der Waals surface area contributed by atoms with Crippen LogP contribution >= 0.6 is 0 Å². The van der Waals surface area contributed by atoms with Crippen LogP contribution in [0.1, 0.15) is 26.4 Å². The monoisotopic (exact) mass is 391 g/mol. The van der Waals surface area contributed by atoms with Crippen molar-refractivity contribution in [3.63, 3.8) is 0 Å². The van der Waals surface area contributed by atoms with Gasteiger partial charge in [0.2, 0.25) is 5.43 Å². The molecule has 10 heteroatoms. The minimum absolute atomic E-state index is 0.0495. The number of hydrogen-bond acceptors (Lipinski definition) is 6. The van der Waals surface area contributed by atoms with Crippen molar-refractivity contribution in [2.24, 2.45) is 0 Å². The number of fused-ring (bicyclic) bond motifs is 1. The van der Waals surface area contributed by atoms with Crippen molar-refractivity contribution in [3.05, 3.63) is 63.3 Å². The Labute approximate surface area is 158 Å². The third-order valence-corrected chi connectivity index (χ3v) is 4.37. The minimum atomic E-state index is -1.52. The van der Waals surface area contributed by atoms with E-state index in [2.05, 4.69) is 0 Å². The van der Waals surface area contributed by atoms with E-state index in [9.17, 15) is 29.0 Å². The highest BCUT2D eigenvalue weighted by atomic mass is 19.1. The van der Waals surface area contributed by atoms with Gasteiger partial charge >= 0.3 is 5.97 Å². The van der Waals surface area contributed by atoms with Crippen LogP contribution in [0.15, 0.2) is 35.3 Å². The molecular weight excluding hydrogens is 373 g/mol. The van der Waals surface area contributed by atoms with E-state index in [0.29, 0.717) is 5.56 Å². The third kappa shape index (κ3) is 3.54. The molecular formula is C18H18FN3O6. The second-order valence-electron chi connectivity index (χ2n) is 6.21. The molecule has 0 aliphatic carbocycles. The van der Waals surface area contributed by atoms with Gasteiger partial charge in [0.1, 0.15) is 18.0 Å². The fraction of sp³-hybridized carbons (Fsp3) is 0.278. The maximum absolute atomic E-state index is 13.2. The molecule has 0 bridgehead atoms. The highest BCUT2D eigenvalue weighted by Crippen LogP contribution is 2.22. The Morgan fingerprint density at radius 3 is 2.54 bits per heavy atom. The normalized spacial score (nSPS) is 13.6. The fourth-order valence-corrected chi connectivity index (χ4v) is 2.94. The number of rotatable bonds is 6. The first-order valence-electron chi connectivity index (χ1n) is 8.33. The zero-order valence-corrected chi connectivity index (χ0v) is 15.0. The number of carboxylic acids is 1. The first-order valence-corrected chi connectivity index (χ1v) is 8.33. The molecule has 0 spiro atoms. The number of nitrogens with zero attached hydrogens (tertiary/aromatic N) is 3. The van der Waals surface area contributed by atoms with Gasteiger partial charge < -0.3 is 19.8 Å². The van der Waals surface area contributed by atoms with E-state index in [1.807, 2.05) is 0 Å². The summed E-state index contributed by atoms with van der Waals surface area (Å²) in [6, 6.07) is 5.65. The number of pyridine rings is 1. The zero-order valence-electron chi connectivity index (χ0n) is 15.0. The molecule has 1 aromatic carbocycles. The first-order chi connectivity index (χ1) is 13.3. The number of aromatic nitrogens is 1. The molecule has 0 atom stereocenters. The van der Waals surface area contributed by atoms with E-state index in [0.717, 1.165) is 10.9 Å². The Bertz CT molecular complexity index is 973. The summed E-state index contributed by atoms with van der Waals surface area (Å²) in [6.07, 6.45) is 1.01. The molecule has 0 fully saturated rings. The average molecular weight is 391 g/mol. The van der Waals surface area contributed by atoms with E-state index in [-0.39, 0.29) is 32.1 Å². The molecule has 9 nitrogen and oxygen atoms in total. The number of methoxy groups -OCH3 is 1. The van der Waals surface area contributed by atoms with Crippen molar-refractivity contribution < 1.29 is 28.9 Å². The molecule has 1 aliphatic rings. The van der Waals surface area contributed by atoms with Gasteiger partial charge in [-0.3, -0.25) is 19.3 Å².